The fourth-order valence-electron chi connectivity index (χ4n) is 2.40. The first-order valence-corrected chi connectivity index (χ1v) is 8.09. The zero-order chi connectivity index (χ0) is 17.5. The third-order valence-electron chi connectivity index (χ3n) is 3.81. The number of hydrogen-bond donors (Lipinski definition) is 1. The van der Waals surface area contributed by atoms with Gasteiger partial charge >= 0.3 is 0 Å². The highest BCUT2D eigenvalue weighted by atomic mass is 16.5. The zero-order valence-electron chi connectivity index (χ0n) is 14.4. The van der Waals surface area contributed by atoms with Gasteiger partial charge in [0.05, 0.1) is 7.11 Å². The van der Waals surface area contributed by atoms with Gasteiger partial charge in [-0.25, -0.2) is 4.98 Å². The van der Waals surface area contributed by atoms with Gasteiger partial charge in [-0.15, -0.1) is 0 Å². The SMILES string of the molecule is COc1cccc(Nc2ccnc(N(C)CCc3ccncc3)n2)c1. The molecule has 0 spiro atoms. The number of rotatable bonds is 7. The number of nitrogens with zero attached hydrogens (tertiary/aromatic N) is 4. The Bertz CT molecular complexity index is 810. The van der Waals surface area contributed by atoms with Crippen LogP contribution in [0.15, 0.2) is 61.1 Å². The van der Waals surface area contributed by atoms with Gasteiger partial charge in [0.25, 0.3) is 0 Å². The fourth-order valence-corrected chi connectivity index (χ4v) is 2.40. The molecular weight excluding hydrogens is 314 g/mol. The van der Waals surface area contributed by atoms with Crippen LogP contribution in [0.3, 0.4) is 0 Å². The standard InChI is InChI=1S/C19H21N5O/c1-24(13-9-15-6-10-20-11-7-15)19-21-12-8-18(23-19)22-16-4-3-5-17(14-16)25-2/h3-8,10-12,14H,9,13H2,1-2H3,(H,21,22,23). The van der Waals surface area contributed by atoms with Gasteiger partial charge in [0, 0.05) is 43.9 Å². The summed E-state index contributed by atoms with van der Waals surface area (Å²) < 4.78 is 5.24. The van der Waals surface area contributed by atoms with E-state index in [0.29, 0.717) is 5.95 Å². The molecule has 0 radical (unpaired) electrons. The number of hydrogen-bond acceptors (Lipinski definition) is 6. The minimum absolute atomic E-state index is 0.682. The maximum atomic E-state index is 5.24. The van der Waals surface area contributed by atoms with E-state index < -0.39 is 0 Å². The van der Waals surface area contributed by atoms with E-state index in [1.807, 2.05) is 66.8 Å². The van der Waals surface area contributed by atoms with Crippen LogP contribution in [0.1, 0.15) is 5.56 Å². The number of ether oxygens (including phenoxy) is 1. The molecule has 128 valence electrons. The van der Waals surface area contributed by atoms with Gasteiger partial charge in [-0.3, -0.25) is 4.98 Å². The molecule has 25 heavy (non-hydrogen) atoms. The van der Waals surface area contributed by atoms with Crippen molar-refractivity contribution in [2.75, 3.05) is 30.9 Å². The molecule has 1 aromatic carbocycles. The zero-order valence-corrected chi connectivity index (χ0v) is 14.4. The monoisotopic (exact) mass is 335 g/mol. The van der Waals surface area contributed by atoms with E-state index in [2.05, 4.69) is 20.3 Å². The summed E-state index contributed by atoms with van der Waals surface area (Å²) >= 11 is 0. The van der Waals surface area contributed by atoms with Crippen LogP contribution in [0.2, 0.25) is 0 Å². The molecule has 0 bridgehead atoms. The molecule has 6 nitrogen and oxygen atoms in total. The second-order valence-electron chi connectivity index (χ2n) is 5.63. The molecule has 0 aliphatic heterocycles. The van der Waals surface area contributed by atoms with Gasteiger partial charge in [-0.05, 0) is 42.3 Å². The number of anilines is 3. The number of likely N-dealkylation sites (N-methyl/N-ethyl adjacent to an activating group) is 1. The number of nitrogens with one attached hydrogen (secondary N) is 1. The van der Waals surface area contributed by atoms with Crippen molar-refractivity contribution in [3.63, 3.8) is 0 Å². The molecule has 0 saturated carbocycles. The second kappa shape index (κ2) is 8.10. The van der Waals surface area contributed by atoms with Gasteiger partial charge < -0.3 is 15.0 Å². The van der Waals surface area contributed by atoms with Crippen LogP contribution in [0.5, 0.6) is 5.75 Å². The molecule has 3 rings (SSSR count). The number of pyridine rings is 1. The number of methoxy groups -OCH3 is 1. The maximum Gasteiger partial charge on any atom is 0.227 e. The van der Waals surface area contributed by atoms with E-state index in [9.17, 15) is 0 Å². The van der Waals surface area contributed by atoms with Crippen molar-refractivity contribution < 1.29 is 4.74 Å². The predicted octanol–water partition coefficient (Wildman–Crippen LogP) is 3.30. The molecule has 0 aliphatic rings. The van der Waals surface area contributed by atoms with Crippen molar-refractivity contribution in [3.8, 4) is 5.75 Å². The Labute approximate surface area is 147 Å². The van der Waals surface area contributed by atoms with Crippen LogP contribution in [0, 0.1) is 0 Å². The summed E-state index contributed by atoms with van der Waals surface area (Å²) in [5.74, 6) is 2.23. The first kappa shape index (κ1) is 16.7. The molecule has 0 amide bonds. The Morgan fingerprint density at radius 1 is 1.08 bits per heavy atom. The lowest BCUT2D eigenvalue weighted by molar-refractivity contribution is 0.415. The normalized spacial score (nSPS) is 10.3. The number of aromatic nitrogens is 3. The molecule has 0 saturated heterocycles. The van der Waals surface area contributed by atoms with Crippen molar-refractivity contribution in [2.24, 2.45) is 0 Å². The average Bonchev–Trinajstić information content (AvgIpc) is 2.67. The summed E-state index contributed by atoms with van der Waals surface area (Å²) in [5, 5.41) is 3.28. The van der Waals surface area contributed by atoms with E-state index in [1.54, 1.807) is 13.3 Å². The third-order valence-corrected chi connectivity index (χ3v) is 3.81. The Morgan fingerprint density at radius 3 is 2.72 bits per heavy atom. The Hall–Kier alpha value is -3.15. The molecule has 1 N–H and O–H groups in total. The van der Waals surface area contributed by atoms with Crippen LogP contribution in [-0.4, -0.2) is 35.7 Å². The topological polar surface area (TPSA) is 63.2 Å². The second-order valence-corrected chi connectivity index (χ2v) is 5.63. The molecular formula is C19H21N5O. The lowest BCUT2D eigenvalue weighted by Crippen LogP contribution is -2.22. The third kappa shape index (κ3) is 4.67. The summed E-state index contributed by atoms with van der Waals surface area (Å²) in [6, 6.07) is 13.6. The quantitative estimate of drug-likeness (QED) is 0.715. The van der Waals surface area contributed by atoms with E-state index in [-0.39, 0.29) is 0 Å². The first-order valence-electron chi connectivity index (χ1n) is 8.09. The van der Waals surface area contributed by atoms with Crippen LogP contribution in [0.25, 0.3) is 0 Å². The minimum Gasteiger partial charge on any atom is -0.497 e. The molecule has 0 fully saturated rings. The Balaban J connectivity index is 1.66. The summed E-state index contributed by atoms with van der Waals surface area (Å²) in [6.07, 6.45) is 6.29. The van der Waals surface area contributed by atoms with Gasteiger partial charge in [-0.1, -0.05) is 6.07 Å². The highest BCUT2D eigenvalue weighted by Crippen LogP contribution is 2.21. The molecule has 0 atom stereocenters. The van der Waals surface area contributed by atoms with E-state index >= 15 is 0 Å². The van der Waals surface area contributed by atoms with Crippen molar-refractivity contribution in [1.29, 1.82) is 0 Å². The number of benzene rings is 1. The maximum absolute atomic E-state index is 5.24. The van der Waals surface area contributed by atoms with Crippen molar-refractivity contribution in [3.05, 3.63) is 66.6 Å². The summed E-state index contributed by atoms with van der Waals surface area (Å²) in [5.41, 5.74) is 2.16. The van der Waals surface area contributed by atoms with E-state index in [4.69, 9.17) is 4.74 Å². The average molecular weight is 335 g/mol. The van der Waals surface area contributed by atoms with Crippen LogP contribution in [-0.2, 0) is 6.42 Å². The Kier molecular flexibility index (Phi) is 5.41. The molecule has 2 aromatic heterocycles. The van der Waals surface area contributed by atoms with Crippen molar-refractivity contribution in [1.82, 2.24) is 15.0 Å². The van der Waals surface area contributed by atoms with Crippen molar-refractivity contribution >= 4 is 17.5 Å². The fraction of sp³-hybridized carbons (Fsp3) is 0.211. The Morgan fingerprint density at radius 2 is 1.92 bits per heavy atom. The van der Waals surface area contributed by atoms with Gasteiger partial charge in [0.15, 0.2) is 0 Å². The van der Waals surface area contributed by atoms with Crippen LogP contribution < -0.4 is 15.0 Å². The molecule has 0 aliphatic carbocycles. The molecule has 2 heterocycles. The van der Waals surface area contributed by atoms with Crippen molar-refractivity contribution in [2.45, 2.75) is 6.42 Å². The minimum atomic E-state index is 0.682. The first-order chi connectivity index (χ1) is 12.2. The van der Waals surface area contributed by atoms with E-state index in [1.165, 1.54) is 5.56 Å². The summed E-state index contributed by atoms with van der Waals surface area (Å²) in [6.45, 7) is 0.826. The van der Waals surface area contributed by atoms with Crippen LogP contribution in [0.4, 0.5) is 17.5 Å². The van der Waals surface area contributed by atoms with Gasteiger partial charge in [0.1, 0.15) is 11.6 Å². The highest BCUT2D eigenvalue weighted by Gasteiger charge is 2.06. The lowest BCUT2D eigenvalue weighted by atomic mass is 10.2. The lowest BCUT2D eigenvalue weighted by Gasteiger charge is -2.17. The van der Waals surface area contributed by atoms with Crippen LogP contribution >= 0.6 is 0 Å². The summed E-state index contributed by atoms with van der Waals surface area (Å²) in [4.78, 5) is 15.0. The predicted molar refractivity (Wildman–Crippen MR) is 99.5 cm³/mol. The largest absolute Gasteiger partial charge is 0.497 e. The smallest absolute Gasteiger partial charge is 0.227 e. The molecule has 3 aromatic rings. The van der Waals surface area contributed by atoms with Gasteiger partial charge in [-0.2, -0.15) is 4.98 Å². The molecule has 0 unspecified atom stereocenters. The highest BCUT2D eigenvalue weighted by molar-refractivity contribution is 5.58. The van der Waals surface area contributed by atoms with E-state index in [0.717, 1.165) is 30.2 Å². The van der Waals surface area contributed by atoms with Gasteiger partial charge in [0.2, 0.25) is 5.95 Å². The molecule has 6 heteroatoms. The summed E-state index contributed by atoms with van der Waals surface area (Å²) in [7, 11) is 3.64.